The van der Waals surface area contributed by atoms with E-state index in [-0.39, 0.29) is 45.6 Å². The van der Waals surface area contributed by atoms with Crippen LogP contribution in [0.5, 0.6) is 5.75 Å². The molecule has 7 rings (SSSR count). The van der Waals surface area contributed by atoms with E-state index in [0.717, 1.165) is 49.4 Å². The zero-order chi connectivity index (χ0) is 35.3. The van der Waals surface area contributed by atoms with Gasteiger partial charge in [0.25, 0.3) is 11.8 Å². The van der Waals surface area contributed by atoms with Gasteiger partial charge in [-0.15, -0.1) is 4.36 Å². The molecular weight excluding hydrogens is 674 g/mol. The molecule has 50 heavy (non-hydrogen) atoms. The molecule has 4 aliphatic rings. The predicted molar refractivity (Wildman–Crippen MR) is 195 cm³/mol. The number of nitrogens with zero attached hydrogens (tertiary/aromatic N) is 4. The van der Waals surface area contributed by atoms with Gasteiger partial charge in [0.15, 0.2) is 0 Å². The summed E-state index contributed by atoms with van der Waals surface area (Å²) < 4.78 is 35.6. The molecule has 3 heterocycles. The fourth-order valence-corrected chi connectivity index (χ4v) is 10.6. The maximum atomic E-state index is 14.4. The third-order valence-corrected chi connectivity index (χ3v) is 13.5. The van der Waals surface area contributed by atoms with Crippen LogP contribution in [0, 0.1) is 17.3 Å². The summed E-state index contributed by atoms with van der Waals surface area (Å²) in [6.07, 6.45) is 12.7. The largest absolute Gasteiger partial charge is 0.490 e. The Labute approximate surface area is 299 Å². The Morgan fingerprint density at radius 3 is 2.76 bits per heavy atom. The Balaban J connectivity index is 1.33. The molecule has 1 N–H and O–H groups in total. The quantitative estimate of drug-likeness (QED) is 0.306. The monoisotopic (exact) mass is 719 g/mol. The van der Waals surface area contributed by atoms with Crippen molar-refractivity contribution in [3.8, 4) is 5.75 Å². The van der Waals surface area contributed by atoms with E-state index in [1.807, 2.05) is 25.1 Å². The molecule has 0 saturated heterocycles. The summed E-state index contributed by atoms with van der Waals surface area (Å²) in [5, 5.41) is 4.80. The summed E-state index contributed by atoms with van der Waals surface area (Å²) in [6, 6.07) is 11.6. The van der Waals surface area contributed by atoms with Crippen LogP contribution < -0.4 is 14.4 Å². The number of carbonyl (C=O) groups is 2. The van der Waals surface area contributed by atoms with Crippen LogP contribution in [0.1, 0.15) is 77.8 Å². The van der Waals surface area contributed by atoms with E-state index in [9.17, 15) is 13.8 Å². The average Bonchev–Trinajstić information content (AvgIpc) is 3.45. The molecule has 2 aromatic carbocycles. The molecule has 12 heteroatoms. The number of allylic oxidation sites excluding steroid dienone is 1. The second-order valence-corrected chi connectivity index (χ2v) is 17.5. The SMILES string of the molecule is CO[C@H]1/C=C/C[C@H](C)C[S@@](=O)(NC(=O)c2cnn(C)c2)=NC(=O)c2ccc3c(c2)N(C[C@@]2(CCCc4cc(Cl)ccc42)CO3)C[C@@]2(C)CC[C@@H]12. The molecule has 266 valence electrons. The van der Waals surface area contributed by atoms with Gasteiger partial charge in [-0.2, -0.15) is 5.10 Å². The number of halogens is 1. The summed E-state index contributed by atoms with van der Waals surface area (Å²) in [7, 11) is -0.0629. The Kier molecular flexibility index (Phi) is 9.36. The number of fused-ring (bicyclic) bond motifs is 4. The van der Waals surface area contributed by atoms with E-state index >= 15 is 0 Å². The van der Waals surface area contributed by atoms with Crippen LogP contribution in [0.15, 0.2) is 65.3 Å². The first kappa shape index (κ1) is 34.8. The summed E-state index contributed by atoms with van der Waals surface area (Å²) in [5.74, 6) is -0.411. The van der Waals surface area contributed by atoms with Crippen molar-refractivity contribution >= 4 is 39.0 Å². The normalized spacial score (nSPS) is 31.7. The molecule has 2 aliphatic carbocycles. The van der Waals surface area contributed by atoms with E-state index < -0.39 is 21.7 Å². The van der Waals surface area contributed by atoms with Crippen molar-refractivity contribution < 1.29 is 23.3 Å². The maximum absolute atomic E-state index is 14.4. The van der Waals surface area contributed by atoms with Crippen molar-refractivity contribution in [2.45, 2.75) is 63.9 Å². The Morgan fingerprint density at radius 1 is 1.18 bits per heavy atom. The molecule has 3 aromatic rings. The lowest BCUT2D eigenvalue weighted by Gasteiger charge is -2.53. The minimum atomic E-state index is -3.52. The lowest BCUT2D eigenvalue weighted by Crippen LogP contribution is -2.54. The molecule has 2 amide bonds. The van der Waals surface area contributed by atoms with Crippen molar-refractivity contribution in [2.24, 2.45) is 28.7 Å². The van der Waals surface area contributed by atoms with Gasteiger partial charge in [-0.3, -0.25) is 19.0 Å². The lowest BCUT2D eigenvalue weighted by atomic mass is 9.58. The van der Waals surface area contributed by atoms with Gasteiger partial charge < -0.3 is 14.4 Å². The number of hydrogen-bond acceptors (Lipinski definition) is 7. The smallest absolute Gasteiger partial charge is 0.286 e. The molecule has 1 fully saturated rings. The molecule has 2 aliphatic heterocycles. The predicted octanol–water partition coefficient (Wildman–Crippen LogP) is 6.53. The van der Waals surface area contributed by atoms with Gasteiger partial charge in [0, 0.05) is 49.4 Å². The van der Waals surface area contributed by atoms with E-state index in [4.69, 9.17) is 21.1 Å². The minimum absolute atomic E-state index is 0.00000286. The van der Waals surface area contributed by atoms with Crippen molar-refractivity contribution in [3.63, 3.8) is 0 Å². The van der Waals surface area contributed by atoms with Crippen LogP contribution >= 0.6 is 11.6 Å². The Morgan fingerprint density at radius 2 is 2.02 bits per heavy atom. The number of benzene rings is 2. The third-order valence-electron chi connectivity index (χ3n) is 11.3. The first-order chi connectivity index (χ1) is 23.9. The van der Waals surface area contributed by atoms with Crippen LogP contribution in [0.2, 0.25) is 5.02 Å². The molecule has 1 saturated carbocycles. The molecular formula is C38H46ClN5O5S. The van der Waals surface area contributed by atoms with Gasteiger partial charge in [-0.1, -0.05) is 43.7 Å². The third kappa shape index (κ3) is 6.72. The van der Waals surface area contributed by atoms with Crippen LogP contribution in [0.3, 0.4) is 0 Å². The zero-order valence-corrected chi connectivity index (χ0v) is 30.8. The number of aromatic nitrogens is 2. The number of hydrogen-bond donors (Lipinski definition) is 1. The number of nitrogens with one attached hydrogen (secondary N) is 1. The lowest BCUT2D eigenvalue weighted by molar-refractivity contribution is -0.0438. The van der Waals surface area contributed by atoms with Gasteiger partial charge >= 0.3 is 0 Å². The van der Waals surface area contributed by atoms with Crippen LogP contribution in [0.4, 0.5) is 5.69 Å². The summed E-state index contributed by atoms with van der Waals surface area (Å²) in [6.45, 7) is 6.25. The number of anilines is 1. The van der Waals surface area contributed by atoms with Gasteiger partial charge in [0.05, 0.1) is 35.9 Å². The minimum Gasteiger partial charge on any atom is -0.490 e. The molecule has 6 atom stereocenters. The van der Waals surface area contributed by atoms with Gasteiger partial charge in [0.1, 0.15) is 15.7 Å². The molecule has 0 radical (unpaired) electrons. The molecule has 2 bridgehead atoms. The number of ether oxygens (including phenoxy) is 2. The highest BCUT2D eigenvalue weighted by Crippen LogP contribution is 2.52. The van der Waals surface area contributed by atoms with E-state index in [1.165, 1.54) is 28.2 Å². The topological polar surface area (TPSA) is 115 Å². The first-order valence-electron chi connectivity index (χ1n) is 17.5. The molecule has 1 spiro atoms. The summed E-state index contributed by atoms with van der Waals surface area (Å²) in [4.78, 5) is 29.6. The fourth-order valence-electron chi connectivity index (χ4n) is 8.53. The van der Waals surface area contributed by atoms with Crippen molar-refractivity contribution in [3.05, 3.63) is 88.2 Å². The molecule has 1 aromatic heterocycles. The van der Waals surface area contributed by atoms with E-state index in [1.54, 1.807) is 20.2 Å². The van der Waals surface area contributed by atoms with Crippen LogP contribution in [-0.4, -0.2) is 64.5 Å². The van der Waals surface area contributed by atoms with Gasteiger partial charge in [-0.25, -0.2) is 4.21 Å². The number of rotatable bonds is 3. The van der Waals surface area contributed by atoms with Gasteiger partial charge in [0.2, 0.25) is 0 Å². The molecule has 0 unspecified atom stereocenters. The molecule has 10 nitrogen and oxygen atoms in total. The maximum Gasteiger partial charge on any atom is 0.286 e. The van der Waals surface area contributed by atoms with E-state index in [2.05, 4.69) is 50.3 Å². The Bertz CT molecular complexity index is 1970. The van der Waals surface area contributed by atoms with Gasteiger partial charge in [-0.05, 0) is 97.2 Å². The van der Waals surface area contributed by atoms with Crippen molar-refractivity contribution in [1.82, 2.24) is 14.5 Å². The second-order valence-electron chi connectivity index (χ2n) is 15.1. The van der Waals surface area contributed by atoms with Crippen molar-refractivity contribution in [2.75, 3.05) is 37.5 Å². The number of amides is 2. The summed E-state index contributed by atoms with van der Waals surface area (Å²) in [5.41, 5.74) is 3.54. The number of methoxy groups -OCH3 is 1. The van der Waals surface area contributed by atoms with Crippen LogP contribution in [0.25, 0.3) is 0 Å². The fraction of sp³-hybridized carbons (Fsp3) is 0.500. The highest BCUT2D eigenvalue weighted by Gasteiger charge is 2.50. The van der Waals surface area contributed by atoms with Crippen LogP contribution in [-0.2, 0) is 33.5 Å². The Hall–Kier alpha value is -3.67. The standard InChI is InChI=1S/C38H46ClN5O5S/c1-25-7-5-9-33(48-4)31-14-16-37(31,2)22-44-23-38(15-6-8-26-17-29(39)11-12-30(26)38)24-49-34-13-10-27(18-32(34)44)35(45)41-50(47,21-25)42-36(46)28-19-40-43(3)20-28/h5,9-13,17-20,25,31,33H,6-8,14-16,21-24H2,1-4H3,(H,41,42,45,46,47)/b9-5+/t25-,31-,33-,37+,38-,50-/m0/s1. The average molecular weight is 720 g/mol. The first-order valence-corrected chi connectivity index (χ1v) is 19.6. The second kappa shape index (κ2) is 13.5. The number of carbonyl (C=O) groups excluding carboxylic acids is 2. The highest BCUT2D eigenvalue weighted by molar-refractivity contribution is 7.92. The van der Waals surface area contributed by atoms with Crippen molar-refractivity contribution in [1.29, 1.82) is 0 Å². The zero-order valence-electron chi connectivity index (χ0n) is 29.2. The summed E-state index contributed by atoms with van der Waals surface area (Å²) >= 11 is 6.46. The highest BCUT2D eigenvalue weighted by atomic mass is 35.5. The van der Waals surface area contributed by atoms with E-state index in [0.29, 0.717) is 25.3 Å². The number of aryl methyl sites for hydroxylation is 2.